The molecule has 0 amide bonds. The van der Waals surface area contributed by atoms with Crippen LogP contribution in [0.3, 0.4) is 0 Å². The zero-order chi connectivity index (χ0) is 8.53. The summed E-state index contributed by atoms with van der Waals surface area (Å²) < 4.78 is 0. The van der Waals surface area contributed by atoms with Crippen molar-refractivity contribution in [3.8, 4) is 0 Å². The molecule has 0 saturated carbocycles. The number of aldehydes is 1. The molecule has 4 nitrogen and oxygen atoms in total. The summed E-state index contributed by atoms with van der Waals surface area (Å²) in [5, 5.41) is 1.75. The maximum Gasteiger partial charge on any atom is 0.150 e. The SMILES string of the molecule is NN=O.O=Cc1ccccc1. The normalized spacial score (nSPS) is 7.27. The highest BCUT2D eigenvalue weighted by Crippen LogP contribution is 1.91. The summed E-state index contributed by atoms with van der Waals surface area (Å²) in [6, 6.07) is 9.10. The van der Waals surface area contributed by atoms with Gasteiger partial charge in [-0.1, -0.05) is 30.3 Å². The van der Waals surface area contributed by atoms with Gasteiger partial charge >= 0.3 is 0 Å². The van der Waals surface area contributed by atoms with E-state index in [0.29, 0.717) is 0 Å². The third-order valence-corrected chi connectivity index (χ3v) is 0.936. The average Bonchev–Trinajstić information content (AvgIpc) is 2.08. The van der Waals surface area contributed by atoms with Crippen molar-refractivity contribution >= 4 is 6.29 Å². The van der Waals surface area contributed by atoms with Crippen LogP contribution < -0.4 is 5.84 Å². The van der Waals surface area contributed by atoms with Crippen molar-refractivity contribution in [1.29, 1.82) is 0 Å². The van der Waals surface area contributed by atoms with Crippen LogP contribution in [-0.4, -0.2) is 6.29 Å². The summed E-state index contributed by atoms with van der Waals surface area (Å²) in [4.78, 5) is 18.3. The summed E-state index contributed by atoms with van der Waals surface area (Å²) in [7, 11) is 0. The van der Waals surface area contributed by atoms with E-state index in [4.69, 9.17) is 4.91 Å². The van der Waals surface area contributed by atoms with Crippen LogP contribution in [0, 0.1) is 4.91 Å². The Balaban J connectivity index is 0.000000292. The van der Waals surface area contributed by atoms with Crippen LogP contribution >= 0.6 is 0 Å². The van der Waals surface area contributed by atoms with Gasteiger partial charge in [-0.15, -0.1) is 4.91 Å². The van der Waals surface area contributed by atoms with E-state index < -0.39 is 0 Å². The highest BCUT2D eigenvalue weighted by atomic mass is 16.3. The van der Waals surface area contributed by atoms with Crippen molar-refractivity contribution in [2.75, 3.05) is 0 Å². The second-order valence-electron chi connectivity index (χ2n) is 1.63. The molecule has 0 radical (unpaired) electrons. The van der Waals surface area contributed by atoms with Crippen LogP contribution in [0.15, 0.2) is 35.6 Å². The van der Waals surface area contributed by atoms with Crippen molar-refractivity contribution in [2.45, 2.75) is 0 Å². The van der Waals surface area contributed by atoms with E-state index in [9.17, 15) is 4.79 Å². The van der Waals surface area contributed by atoms with Gasteiger partial charge < -0.3 is 0 Å². The Morgan fingerprint density at radius 2 is 1.73 bits per heavy atom. The molecule has 58 valence electrons. The first-order chi connectivity index (χ1) is 5.35. The maximum absolute atomic E-state index is 10.0. The molecule has 0 fully saturated rings. The standard InChI is InChI=1S/C7H6O.H2N2O/c8-6-7-4-2-1-3-5-7;1-2-3/h1-6H;(H2,1,3). The molecule has 0 saturated heterocycles. The zero-order valence-electron chi connectivity index (χ0n) is 5.81. The number of nitrogens with zero attached hydrogens (tertiary/aromatic N) is 1. The van der Waals surface area contributed by atoms with Gasteiger partial charge in [0.1, 0.15) is 6.29 Å². The van der Waals surface area contributed by atoms with E-state index in [0.717, 1.165) is 11.8 Å². The fourth-order valence-corrected chi connectivity index (χ4v) is 0.532. The number of nitroso groups, excluding NO2 is 1. The molecule has 0 spiro atoms. The van der Waals surface area contributed by atoms with Crippen molar-refractivity contribution in [3.63, 3.8) is 0 Å². The summed E-state index contributed by atoms with van der Waals surface area (Å²) in [6.45, 7) is 0. The quantitative estimate of drug-likeness (QED) is 0.283. The predicted octanol–water partition coefficient (Wildman–Crippen LogP) is 1.13. The largest absolute Gasteiger partial charge is 0.298 e. The molecular weight excluding hydrogens is 144 g/mol. The zero-order valence-corrected chi connectivity index (χ0v) is 5.81. The van der Waals surface area contributed by atoms with Gasteiger partial charge in [0.05, 0.1) is 0 Å². The van der Waals surface area contributed by atoms with Crippen LogP contribution in [0.5, 0.6) is 0 Å². The number of hydrogen-bond donors (Lipinski definition) is 1. The van der Waals surface area contributed by atoms with Crippen LogP contribution in [0.4, 0.5) is 0 Å². The van der Waals surface area contributed by atoms with Gasteiger partial charge in [0.15, 0.2) is 0 Å². The third-order valence-electron chi connectivity index (χ3n) is 0.936. The van der Waals surface area contributed by atoms with Crippen molar-refractivity contribution in [2.24, 2.45) is 11.1 Å². The molecule has 0 aliphatic carbocycles. The molecule has 1 rings (SSSR count). The Kier molecular flexibility index (Phi) is 5.41. The molecule has 1 aromatic carbocycles. The van der Waals surface area contributed by atoms with Crippen LogP contribution in [0.1, 0.15) is 10.4 Å². The molecule has 0 bridgehead atoms. The first-order valence-electron chi connectivity index (χ1n) is 2.88. The monoisotopic (exact) mass is 152 g/mol. The van der Waals surface area contributed by atoms with Gasteiger partial charge in [-0.25, -0.2) is 0 Å². The summed E-state index contributed by atoms with van der Waals surface area (Å²) in [5.74, 6) is 3.92. The van der Waals surface area contributed by atoms with Crippen molar-refractivity contribution in [3.05, 3.63) is 40.8 Å². The topological polar surface area (TPSA) is 72.5 Å². The second-order valence-corrected chi connectivity index (χ2v) is 1.63. The number of rotatable bonds is 1. The lowest BCUT2D eigenvalue weighted by atomic mass is 10.2. The number of hydrogen-bond acceptors (Lipinski definition) is 3. The minimum absolute atomic E-state index is 0.729. The molecule has 0 unspecified atom stereocenters. The van der Waals surface area contributed by atoms with Gasteiger partial charge in [0.25, 0.3) is 0 Å². The molecular formula is C7H8N2O2. The number of carbonyl (C=O) groups excluding carboxylic acids is 1. The molecule has 0 aliphatic rings. The van der Waals surface area contributed by atoms with E-state index in [1.807, 2.05) is 18.2 Å². The van der Waals surface area contributed by atoms with Crippen LogP contribution in [0.25, 0.3) is 0 Å². The first-order valence-corrected chi connectivity index (χ1v) is 2.88. The smallest absolute Gasteiger partial charge is 0.150 e. The Labute approximate surface area is 64.0 Å². The number of carbonyl (C=O) groups is 1. The van der Waals surface area contributed by atoms with Gasteiger partial charge in [-0.3, -0.25) is 10.6 Å². The van der Waals surface area contributed by atoms with Gasteiger partial charge in [-0.2, -0.15) is 0 Å². The van der Waals surface area contributed by atoms with Crippen molar-refractivity contribution < 1.29 is 4.79 Å². The minimum Gasteiger partial charge on any atom is -0.298 e. The lowest BCUT2D eigenvalue weighted by Gasteiger charge is -1.81. The van der Waals surface area contributed by atoms with E-state index in [1.54, 1.807) is 17.4 Å². The fraction of sp³-hybridized carbons (Fsp3) is 0. The highest BCUT2D eigenvalue weighted by molar-refractivity contribution is 5.74. The fourth-order valence-electron chi connectivity index (χ4n) is 0.532. The predicted molar refractivity (Wildman–Crippen MR) is 41.8 cm³/mol. The van der Waals surface area contributed by atoms with Crippen LogP contribution in [0.2, 0.25) is 0 Å². The minimum atomic E-state index is 0.729. The van der Waals surface area contributed by atoms with E-state index in [2.05, 4.69) is 5.84 Å². The Hall–Kier alpha value is -1.71. The molecule has 1 aromatic rings. The van der Waals surface area contributed by atoms with E-state index in [-0.39, 0.29) is 0 Å². The molecule has 0 aromatic heterocycles. The van der Waals surface area contributed by atoms with Crippen molar-refractivity contribution in [1.82, 2.24) is 0 Å². The Morgan fingerprint density at radius 3 is 2.00 bits per heavy atom. The second kappa shape index (κ2) is 6.41. The molecule has 0 heterocycles. The lowest BCUT2D eigenvalue weighted by molar-refractivity contribution is 0.112. The summed E-state index contributed by atoms with van der Waals surface area (Å²) in [5.41, 5.74) is 0.729. The summed E-state index contributed by atoms with van der Waals surface area (Å²) in [6.07, 6.45) is 0.833. The molecule has 2 N–H and O–H groups in total. The number of nitrogens with two attached hydrogens (primary N) is 1. The highest BCUT2D eigenvalue weighted by Gasteiger charge is 1.79. The molecule has 11 heavy (non-hydrogen) atoms. The third kappa shape index (κ3) is 4.77. The maximum atomic E-state index is 10.0. The lowest BCUT2D eigenvalue weighted by Crippen LogP contribution is -1.73. The van der Waals surface area contributed by atoms with Gasteiger partial charge in [0.2, 0.25) is 0 Å². The molecule has 0 aliphatic heterocycles. The van der Waals surface area contributed by atoms with Crippen LogP contribution in [-0.2, 0) is 0 Å². The van der Waals surface area contributed by atoms with E-state index in [1.165, 1.54) is 0 Å². The summed E-state index contributed by atoms with van der Waals surface area (Å²) >= 11 is 0. The van der Waals surface area contributed by atoms with E-state index >= 15 is 0 Å². The molecule has 4 heteroatoms. The Morgan fingerprint density at radius 1 is 1.27 bits per heavy atom. The first kappa shape index (κ1) is 9.29. The van der Waals surface area contributed by atoms with Gasteiger partial charge in [-0.05, 0) is 0 Å². The van der Waals surface area contributed by atoms with Gasteiger partial charge in [0, 0.05) is 10.8 Å². The number of benzene rings is 1. The Bertz CT molecular complexity index is 211. The molecule has 0 atom stereocenters. The average molecular weight is 152 g/mol.